The van der Waals surface area contributed by atoms with Gasteiger partial charge in [-0.2, -0.15) is 11.8 Å². The van der Waals surface area contributed by atoms with Crippen molar-refractivity contribution < 1.29 is 4.92 Å². The summed E-state index contributed by atoms with van der Waals surface area (Å²) in [6.45, 7) is 7.37. The number of anilines is 1. The summed E-state index contributed by atoms with van der Waals surface area (Å²) in [6, 6.07) is 5.01. The lowest BCUT2D eigenvalue weighted by Crippen LogP contribution is -2.39. The van der Waals surface area contributed by atoms with Crippen molar-refractivity contribution in [1.29, 1.82) is 0 Å². The lowest BCUT2D eigenvalue weighted by molar-refractivity contribution is -0.383. The molecule has 1 fully saturated rings. The molecule has 2 rings (SSSR count). The lowest BCUT2D eigenvalue weighted by atomic mass is 10.1. The van der Waals surface area contributed by atoms with Gasteiger partial charge in [-0.15, -0.1) is 0 Å². The first-order chi connectivity index (χ1) is 8.95. The van der Waals surface area contributed by atoms with Crippen LogP contribution in [0.4, 0.5) is 11.4 Å². The van der Waals surface area contributed by atoms with Crippen LogP contribution in [0.1, 0.15) is 19.4 Å². The predicted molar refractivity (Wildman–Crippen MR) is 79.3 cm³/mol. The van der Waals surface area contributed by atoms with Gasteiger partial charge in [0.05, 0.1) is 4.92 Å². The average molecular weight is 281 g/mol. The van der Waals surface area contributed by atoms with Crippen LogP contribution in [0.5, 0.6) is 0 Å². The van der Waals surface area contributed by atoms with Crippen molar-refractivity contribution in [1.82, 2.24) is 4.90 Å². The quantitative estimate of drug-likeness (QED) is 0.523. The van der Waals surface area contributed by atoms with Gasteiger partial charge in [0.1, 0.15) is 5.69 Å². The van der Waals surface area contributed by atoms with Crippen molar-refractivity contribution >= 4 is 23.1 Å². The number of hydrogen-bond donors (Lipinski definition) is 1. The smallest absolute Gasteiger partial charge is 0.292 e. The van der Waals surface area contributed by atoms with Crippen LogP contribution in [0.3, 0.4) is 0 Å². The van der Waals surface area contributed by atoms with Crippen LogP contribution in [-0.2, 0) is 6.54 Å². The van der Waals surface area contributed by atoms with Gasteiger partial charge in [-0.3, -0.25) is 15.0 Å². The summed E-state index contributed by atoms with van der Waals surface area (Å²) in [4.78, 5) is 12.7. The van der Waals surface area contributed by atoms with E-state index in [9.17, 15) is 10.1 Å². The lowest BCUT2D eigenvalue weighted by Gasteiger charge is -2.34. The Bertz CT molecular complexity index is 471. The molecule has 1 heterocycles. The molecule has 0 aromatic heterocycles. The zero-order valence-corrected chi connectivity index (χ0v) is 12.0. The van der Waals surface area contributed by atoms with Gasteiger partial charge in [-0.25, -0.2) is 0 Å². The van der Waals surface area contributed by atoms with E-state index in [4.69, 9.17) is 5.73 Å². The van der Waals surface area contributed by atoms with E-state index in [0.29, 0.717) is 10.5 Å². The van der Waals surface area contributed by atoms with Crippen LogP contribution < -0.4 is 5.73 Å². The number of benzene rings is 1. The van der Waals surface area contributed by atoms with Gasteiger partial charge in [0.15, 0.2) is 0 Å². The molecular weight excluding hydrogens is 262 g/mol. The first kappa shape index (κ1) is 14.1. The first-order valence-electron chi connectivity index (χ1n) is 6.36. The fourth-order valence-electron chi connectivity index (χ4n) is 2.54. The zero-order valence-electron chi connectivity index (χ0n) is 11.2. The number of nitrogens with two attached hydrogens (primary N) is 1. The van der Waals surface area contributed by atoms with Crippen molar-refractivity contribution in [3.63, 3.8) is 0 Å². The Hall–Kier alpha value is -1.27. The number of nitro groups is 1. The maximum atomic E-state index is 10.7. The molecule has 19 heavy (non-hydrogen) atoms. The summed E-state index contributed by atoms with van der Waals surface area (Å²) in [5.41, 5.74) is 6.99. The second kappa shape index (κ2) is 5.79. The molecule has 1 saturated heterocycles. The number of nitrogens with zero attached hydrogens (tertiary/aromatic N) is 2. The molecule has 1 aliphatic rings. The number of rotatable bonds is 3. The number of hydrogen-bond acceptors (Lipinski definition) is 5. The summed E-state index contributed by atoms with van der Waals surface area (Å²) < 4.78 is 0. The molecule has 5 nitrogen and oxygen atoms in total. The highest BCUT2D eigenvalue weighted by molar-refractivity contribution is 8.00. The second-order valence-corrected chi connectivity index (χ2v) is 6.98. The van der Waals surface area contributed by atoms with Crippen molar-refractivity contribution in [3.8, 4) is 0 Å². The molecule has 0 spiro atoms. The molecule has 0 radical (unpaired) electrons. The molecule has 2 unspecified atom stereocenters. The summed E-state index contributed by atoms with van der Waals surface area (Å²) >= 11 is 2.01. The van der Waals surface area contributed by atoms with Gasteiger partial charge < -0.3 is 5.73 Å². The first-order valence-corrected chi connectivity index (χ1v) is 7.30. The average Bonchev–Trinajstić information content (AvgIpc) is 2.26. The molecular formula is C13H19N3O2S. The van der Waals surface area contributed by atoms with E-state index in [0.717, 1.165) is 25.2 Å². The Morgan fingerprint density at radius 2 is 2.05 bits per heavy atom. The van der Waals surface area contributed by atoms with Crippen molar-refractivity contribution in [3.05, 3.63) is 33.9 Å². The normalized spacial score (nSPS) is 24.3. The van der Waals surface area contributed by atoms with Crippen LogP contribution in [0.2, 0.25) is 0 Å². The Morgan fingerprint density at radius 1 is 1.42 bits per heavy atom. The maximum Gasteiger partial charge on any atom is 0.292 e. The van der Waals surface area contributed by atoms with Crippen molar-refractivity contribution in [2.45, 2.75) is 30.9 Å². The number of nitro benzene ring substituents is 1. The molecule has 0 amide bonds. The number of nitrogen functional groups attached to an aromatic ring is 1. The Morgan fingerprint density at radius 3 is 2.58 bits per heavy atom. The van der Waals surface area contributed by atoms with Crippen LogP contribution in [0.25, 0.3) is 0 Å². The summed E-state index contributed by atoms with van der Waals surface area (Å²) in [5, 5.41) is 12.0. The summed E-state index contributed by atoms with van der Waals surface area (Å²) in [5.74, 6) is 0. The highest BCUT2D eigenvalue weighted by Crippen LogP contribution is 2.27. The number of thioether (sulfide) groups is 1. The van der Waals surface area contributed by atoms with Gasteiger partial charge in [0.2, 0.25) is 0 Å². The van der Waals surface area contributed by atoms with E-state index >= 15 is 0 Å². The molecule has 0 aliphatic carbocycles. The largest absolute Gasteiger partial charge is 0.393 e. The van der Waals surface area contributed by atoms with Gasteiger partial charge >= 0.3 is 0 Å². The highest BCUT2D eigenvalue weighted by Gasteiger charge is 2.22. The van der Waals surface area contributed by atoms with E-state index in [1.807, 2.05) is 11.8 Å². The molecule has 2 N–H and O–H groups in total. The third kappa shape index (κ3) is 3.61. The van der Waals surface area contributed by atoms with Crippen molar-refractivity contribution in [2.75, 3.05) is 18.8 Å². The van der Waals surface area contributed by atoms with Gasteiger partial charge in [0, 0.05) is 36.2 Å². The van der Waals surface area contributed by atoms with Crippen LogP contribution in [0, 0.1) is 10.1 Å². The van der Waals surface area contributed by atoms with Crippen molar-refractivity contribution in [2.24, 2.45) is 0 Å². The minimum Gasteiger partial charge on any atom is -0.393 e. The van der Waals surface area contributed by atoms with Crippen LogP contribution in [0.15, 0.2) is 18.2 Å². The van der Waals surface area contributed by atoms with E-state index in [1.54, 1.807) is 12.1 Å². The predicted octanol–water partition coefficient (Wildman–Crippen LogP) is 2.50. The van der Waals surface area contributed by atoms with E-state index in [-0.39, 0.29) is 11.4 Å². The molecule has 104 valence electrons. The standard InChI is InChI=1S/C13H19N3O2S/c1-9-6-15(7-10(2)19-9)8-11-3-4-13(16(17)18)12(14)5-11/h3-5,9-10H,6-8,14H2,1-2H3. The van der Waals surface area contributed by atoms with E-state index < -0.39 is 4.92 Å². The minimum absolute atomic E-state index is 0.0142. The Balaban J connectivity index is 2.07. The fraction of sp³-hybridized carbons (Fsp3) is 0.538. The summed E-state index contributed by atoms with van der Waals surface area (Å²) in [6.07, 6.45) is 0. The topological polar surface area (TPSA) is 72.4 Å². The highest BCUT2D eigenvalue weighted by atomic mass is 32.2. The fourth-order valence-corrected chi connectivity index (χ4v) is 3.93. The molecule has 1 aromatic carbocycles. The molecule has 0 saturated carbocycles. The van der Waals surface area contributed by atoms with Crippen LogP contribution >= 0.6 is 11.8 Å². The van der Waals surface area contributed by atoms with Gasteiger partial charge in [0.25, 0.3) is 5.69 Å². The maximum absolute atomic E-state index is 10.7. The van der Waals surface area contributed by atoms with Crippen LogP contribution in [-0.4, -0.2) is 33.4 Å². The van der Waals surface area contributed by atoms with E-state index in [1.165, 1.54) is 6.07 Å². The molecule has 1 aromatic rings. The minimum atomic E-state index is -0.444. The molecule has 2 atom stereocenters. The third-order valence-electron chi connectivity index (χ3n) is 3.19. The van der Waals surface area contributed by atoms with Gasteiger partial charge in [-0.05, 0) is 11.6 Å². The SMILES string of the molecule is CC1CN(Cc2ccc([N+](=O)[O-])c(N)c2)CC(C)S1. The Labute approximate surface area is 117 Å². The van der Waals surface area contributed by atoms with E-state index in [2.05, 4.69) is 18.7 Å². The summed E-state index contributed by atoms with van der Waals surface area (Å²) in [7, 11) is 0. The molecule has 6 heteroatoms. The Kier molecular flexibility index (Phi) is 4.31. The third-order valence-corrected chi connectivity index (χ3v) is 4.42. The monoisotopic (exact) mass is 281 g/mol. The zero-order chi connectivity index (χ0) is 14.0. The van der Waals surface area contributed by atoms with Gasteiger partial charge in [-0.1, -0.05) is 19.9 Å². The molecule has 1 aliphatic heterocycles. The second-order valence-electron chi connectivity index (χ2n) is 5.10. The molecule has 0 bridgehead atoms.